The summed E-state index contributed by atoms with van der Waals surface area (Å²) in [5.74, 6) is -1.16. The molecule has 0 bridgehead atoms. The zero-order chi connectivity index (χ0) is 15.8. The van der Waals surface area contributed by atoms with Gasteiger partial charge in [-0.15, -0.1) is 0 Å². The Morgan fingerprint density at radius 1 is 1.29 bits per heavy atom. The molecule has 0 spiro atoms. The van der Waals surface area contributed by atoms with Crippen molar-refractivity contribution in [2.45, 2.75) is 32.6 Å². The summed E-state index contributed by atoms with van der Waals surface area (Å²) in [5, 5.41) is 11.2. The Balaban J connectivity index is 2.47. The van der Waals surface area contributed by atoms with Crippen LogP contribution in [0.4, 0.5) is 0 Å². The first-order valence-corrected chi connectivity index (χ1v) is 6.76. The van der Waals surface area contributed by atoms with Gasteiger partial charge in [0.05, 0.1) is 0 Å². The van der Waals surface area contributed by atoms with Crippen molar-refractivity contribution in [3.8, 4) is 0 Å². The minimum atomic E-state index is -0.835. The van der Waals surface area contributed by atoms with Gasteiger partial charge in [0.2, 0.25) is 0 Å². The van der Waals surface area contributed by atoms with Gasteiger partial charge in [0.1, 0.15) is 5.69 Å². The molecule has 0 aliphatic heterocycles. The molecule has 1 aromatic heterocycles. The molecule has 1 aromatic rings. The van der Waals surface area contributed by atoms with Crippen molar-refractivity contribution >= 4 is 11.9 Å². The summed E-state index contributed by atoms with van der Waals surface area (Å²) < 4.78 is 0. The van der Waals surface area contributed by atoms with Crippen molar-refractivity contribution in [1.82, 2.24) is 15.3 Å². The molecule has 0 aromatic carbocycles. The summed E-state index contributed by atoms with van der Waals surface area (Å²) in [6.07, 6.45) is 2.13. The van der Waals surface area contributed by atoms with Gasteiger partial charge in [-0.25, -0.2) is 4.79 Å². The fourth-order valence-electron chi connectivity index (χ4n) is 1.96. The Bertz CT molecular complexity index is 576. The maximum absolute atomic E-state index is 11.8. The minimum Gasteiger partial charge on any atom is -0.481 e. The van der Waals surface area contributed by atoms with E-state index in [1.54, 1.807) is 0 Å². The number of aromatic amines is 2. The number of carbonyl (C=O) groups excluding carboxylic acids is 1. The first kappa shape index (κ1) is 16.7. The lowest BCUT2D eigenvalue weighted by Gasteiger charge is -2.13. The molecule has 1 unspecified atom stereocenters. The molecule has 116 valence electrons. The maximum Gasteiger partial charge on any atom is 0.326 e. The van der Waals surface area contributed by atoms with Crippen molar-refractivity contribution in [2.75, 3.05) is 6.54 Å². The Labute approximate surface area is 120 Å². The Hall–Kier alpha value is -2.38. The van der Waals surface area contributed by atoms with Gasteiger partial charge >= 0.3 is 11.7 Å². The zero-order valence-corrected chi connectivity index (χ0v) is 11.8. The first-order valence-electron chi connectivity index (χ1n) is 6.76. The predicted molar refractivity (Wildman–Crippen MR) is 75.3 cm³/mol. The number of H-pyrrole nitrogens is 2. The van der Waals surface area contributed by atoms with Crippen molar-refractivity contribution in [3.05, 3.63) is 32.6 Å². The highest BCUT2D eigenvalue weighted by Crippen LogP contribution is 2.14. The summed E-state index contributed by atoms with van der Waals surface area (Å²) in [5.41, 5.74) is -1.47. The van der Waals surface area contributed by atoms with Gasteiger partial charge in [-0.1, -0.05) is 13.3 Å². The van der Waals surface area contributed by atoms with Gasteiger partial charge in [-0.3, -0.25) is 19.4 Å². The minimum absolute atomic E-state index is 0.0951. The van der Waals surface area contributed by atoms with Gasteiger partial charge in [-0.05, 0) is 18.8 Å². The van der Waals surface area contributed by atoms with Gasteiger partial charge in [-0.2, -0.15) is 0 Å². The molecule has 1 heterocycles. The smallest absolute Gasteiger partial charge is 0.326 e. The second kappa shape index (κ2) is 8.03. The number of aromatic nitrogens is 2. The zero-order valence-electron chi connectivity index (χ0n) is 11.8. The third-order valence-electron chi connectivity index (χ3n) is 3.19. The van der Waals surface area contributed by atoms with Crippen LogP contribution in [0.2, 0.25) is 0 Å². The largest absolute Gasteiger partial charge is 0.481 e. The number of aliphatic carboxylic acids is 1. The van der Waals surface area contributed by atoms with Crippen LogP contribution in [0.5, 0.6) is 0 Å². The molecule has 21 heavy (non-hydrogen) atoms. The Morgan fingerprint density at radius 2 is 2.00 bits per heavy atom. The molecule has 0 aliphatic rings. The quantitative estimate of drug-likeness (QED) is 0.539. The average Bonchev–Trinajstić information content (AvgIpc) is 2.41. The van der Waals surface area contributed by atoms with E-state index < -0.39 is 23.1 Å². The van der Waals surface area contributed by atoms with Gasteiger partial charge in [0, 0.05) is 19.0 Å². The predicted octanol–water partition coefficient (Wildman–Crippen LogP) is 0.0741. The third-order valence-corrected chi connectivity index (χ3v) is 3.19. The molecular formula is C13H19N3O5. The SMILES string of the molecule is CCC(CCNC(=O)c1cc(=O)[nH]c(=O)[nH]1)CCC(=O)O. The molecule has 8 heteroatoms. The monoisotopic (exact) mass is 297 g/mol. The summed E-state index contributed by atoms with van der Waals surface area (Å²) in [6.45, 7) is 2.31. The van der Waals surface area contributed by atoms with Crippen LogP contribution in [-0.2, 0) is 4.79 Å². The molecule has 1 atom stereocenters. The molecule has 1 rings (SSSR count). The van der Waals surface area contributed by atoms with Gasteiger partial charge in [0.15, 0.2) is 0 Å². The van der Waals surface area contributed by atoms with E-state index in [9.17, 15) is 19.2 Å². The summed E-state index contributed by atoms with van der Waals surface area (Å²) in [7, 11) is 0. The molecular weight excluding hydrogens is 278 g/mol. The van der Waals surface area contributed by atoms with Gasteiger partial charge in [0.25, 0.3) is 11.5 Å². The van der Waals surface area contributed by atoms with E-state index >= 15 is 0 Å². The fourth-order valence-corrected chi connectivity index (χ4v) is 1.96. The number of rotatable bonds is 8. The summed E-state index contributed by atoms with van der Waals surface area (Å²) in [4.78, 5) is 48.6. The highest BCUT2D eigenvalue weighted by Gasteiger charge is 2.11. The van der Waals surface area contributed by atoms with Crippen molar-refractivity contribution in [2.24, 2.45) is 5.92 Å². The molecule has 0 saturated carbocycles. The maximum atomic E-state index is 11.8. The van der Waals surface area contributed by atoms with Gasteiger partial charge < -0.3 is 15.4 Å². The number of nitrogens with one attached hydrogen (secondary N) is 3. The summed E-state index contributed by atoms with van der Waals surface area (Å²) in [6, 6.07) is 1.01. The number of amides is 1. The van der Waals surface area contributed by atoms with Crippen molar-refractivity contribution in [3.63, 3.8) is 0 Å². The molecule has 8 nitrogen and oxygen atoms in total. The van der Waals surface area contributed by atoms with E-state index in [1.807, 2.05) is 11.9 Å². The second-order valence-electron chi connectivity index (χ2n) is 4.75. The summed E-state index contributed by atoms with van der Waals surface area (Å²) >= 11 is 0. The highest BCUT2D eigenvalue weighted by atomic mass is 16.4. The lowest BCUT2D eigenvalue weighted by Crippen LogP contribution is -2.32. The Morgan fingerprint density at radius 3 is 2.57 bits per heavy atom. The molecule has 0 saturated heterocycles. The highest BCUT2D eigenvalue weighted by molar-refractivity contribution is 5.91. The molecule has 0 aliphatic carbocycles. The molecule has 0 radical (unpaired) electrons. The van der Waals surface area contributed by atoms with Crippen LogP contribution >= 0.6 is 0 Å². The van der Waals surface area contributed by atoms with Crippen LogP contribution in [0.15, 0.2) is 15.7 Å². The van der Waals surface area contributed by atoms with Crippen molar-refractivity contribution in [1.29, 1.82) is 0 Å². The number of carbonyl (C=O) groups is 2. The van der Waals surface area contributed by atoms with E-state index in [0.29, 0.717) is 19.4 Å². The van der Waals surface area contributed by atoms with E-state index in [-0.39, 0.29) is 18.0 Å². The second-order valence-corrected chi connectivity index (χ2v) is 4.75. The molecule has 0 fully saturated rings. The number of hydrogen-bond donors (Lipinski definition) is 4. The van der Waals surface area contributed by atoms with E-state index in [1.165, 1.54) is 0 Å². The van der Waals surface area contributed by atoms with Crippen LogP contribution in [0, 0.1) is 5.92 Å². The third kappa shape index (κ3) is 6.07. The fraction of sp³-hybridized carbons (Fsp3) is 0.538. The average molecular weight is 297 g/mol. The van der Waals surface area contributed by atoms with Crippen LogP contribution in [-0.4, -0.2) is 33.5 Å². The van der Waals surface area contributed by atoms with E-state index in [2.05, 4.69) is 10.3 Å². The van der Waals surface area contributed by atoms with E-state index in [4.69, 9.17) is 5.11 Å². The van der Waals surface area contributed by atoms with E-state index in [0.717, 1.165) is 12.5 Å². The van der Waals surface area contributed by atoms with Crippen LogP contribution in [0.25, 0.3) is 0 Å². The van der Waals surface area contributed by atoms with Crippen LogP contribution in [0.3, 0.4) is 0 Å². The Kier molecular flexibility index (Phi) is 6.38. The number of hydrogen-bond acceptors (Lipinski definition) is 4. The van der Waals surface area contributed by atoms with Crippen LogP contribution in [0.1, 0.15) is 43.1 Å². The van der Waals surface area contributed by atoms with Crippen LogP contribution < -0.4 is 16.6 Å². The number of carboxylic acid groups (broad SMARTS) is 1. The lowest BCUT2D eigenvalue weighted by atomic mass is 9.96. The lowest BCUT2D eigenvalue weighted by molar-refractivity contribution is -0.137. The molecule has 4 N–H and O–H groups in total. The first-order chi connectivity index (χ1) is 9.92. The molecule has 1 amide bonds. The standard InChI is InChI=1S/C13H19N3O5/c1-2-8(3-4-11(18)19)5-6-14-12(20)9-7-10(17)16-13(21)15-9/h7-8H,2-6H2,1H3,(H,14,20)(H,18,19)(H2,15,16,17,21). The number of carboxylic acids is 1. The topological polar surface area (TPSA) is 132 Å². The normalized spacial score (nSPS) is 11.9. The van der Waals surface area contributed by atoms with Crippen molar-refractivity contribution < 1.29 is 14.7 Å².